The van der Waals surface area contributed by atoms with E-state index < -0.39 is 0 Å². The van der Waals surface area contributed by atoms with E-state index in [2.05, 4.69) is 10.6 Å². The quantitative estimate of drug-likeness (QED) is 0.385. The Morgan fingerprint density at radius 2 is 1.65 bits per heavy atom. The molecular formula is C27H27N3O4. The number of rotatable bonds is 8. The predicted octanol–water partition coefficient (Wildman–Crippen LogP) is 4.65. The number of aromatic nitrogens is 2. The zero-order valence-corrected chi connectivity index (χ0v) is 19.3. The number of imidazole rings is 1. The summed E-state index contributed by atoms with van der Waals surface area (Å²) in [5.74, 6) is 3.23. The van der Waals surface area contributed by atoms with Crippen molar-refractivity contribution in [3.05, 3.63) is 78.6 Å². The summed E-state index contributed by atoms with van der Waals surface area (Å²) in [5.41, 5.74) is 2.81. The molecule has 1 aliphatic rings. The lowest BCUT2D eigenvalue weighted by Gasteiger charge is -2.18. The highest BCUT2D eigenvalue weighted by molar-refractivity contribution is 5.96. The second kappa shape index (κ2) is 9.47. The number of hydrogen-bond acceptors (Lipinski definition) is 5. The largest absolute Gasteiger partial charge is 0.497 e. The van der Waals surface area contributed by atoms with Crippen LogP contribution in [0.2, 0.25) is 0 Å². The van der Waals surface area contributed by atoms with Crippen molar-refractivity contribution < 1.29 is 19.0 Å². The fourth-order valence-electron chi connectivity index (χ4n) is 4.50. The van der Waals surface area contributed by atoms with Gasteiger partial charge in [-0.3, -0.25) is 4.79 Å². The van der Waals surface area contributed by atoms with Crippen molar-refractivity contribution >= 4 is 22.6 Å². The third-order valence-corrected chi connectivity index (χ3v) is 6.16. The maximum atomic E-state index is 13.0. The smallest absolute Gasteiger partial charge is 0.227 e. The van der Waals surface area contributed by atoms with Crippen LogP contribution in [0.25, 0.3) is 11.0 Å². The van der Waals surface area contributed by atoms with Gasteiger partial charge < -0.3 is 23.7 Å². The normalized spacial score (nSPS) is 15.6. The van der Waals surface area contributed by atoms with E-state index >= 15 is 0 Å². The van der Waals surface area contributed by atoms with E-state index in [9.17, 15) is 4.79 Å². The number of para-hydroxylation sites is 2. The maximum Gasteiger partial charge on any atom is 0.227 e. The van der Waals surface area contributed by atoms with Gasteiger partial charge in [0.05, 0.1) is 31.8 Å². The summed E-state index contributed by atoms with van der Waals surface area (Å²) in [6, 6.07) is 23.3. The van der Waals surface area contributed by atoms with Gasteiger partial charge in [-0.25, -0.2) is 4.98 Å². The van der Waals surface area contributed by atoms with Crippen LogP contribution in [0.1, 0.15) is 18.2 Å². The molecule has 5 rings (SSSR count). The Hall–Kier alpha value is -4.00. The molecule has 0 saturated carbocycles. The lowest BCUT2D eigenvalue weighted by molar-refractivity contribution is -0.117. The number of fused-ring (bicyclic) bond motifs is 1. The van der Waals surface area contributed by atoms with Gasteiger partial charge in [-0.2, -0.15) is 0 Å². The Morgan fingerprint density at radius 1 is 0.912 bits per heavy atom. The van der Waals surface area contributed by atoms with Crippen LogP contribution in [0.15, 0.2) is 72.8 Å². The molecule has 7 nitrogen and oxygen atoms in total. The van der Waals surface area contributed by atoms with Gasteiger partial charge >= 0.3 is 0 Å². The van der Waals surface area contributed by atoms with Gasteiger partial charge in [0.2, 0.25) is 5.91 Å². The molecule has 0 aliphatic carbocycles. The molecule has 0 N–H and O–H groups in total. The standard InChI is InChI=1S/C27H27N3O4/c1-32-21-8-5-7-20(16-21)30-18-19(15-26(30)31)27-28-24-11-3-4-12-25(24)29(27)13-14-34-23-10-6-9-22(17-23)33-2/h3-12,16-17,19H,13-15,18H2,1-2H3/t19-/m0/s1. The number of hydrogen-bond donors (Lipinski definition) is 0. The third-order valence-electron chi connectivity index (χ3n) is 6.16. The monoisotopic (exact) mass is 457 g/mol. The first-order chi connectivity index (χ1) is 16.7. The molecule has 1 fully saturated rings. The SMILES string of the molecule is COc1cccc(OCCn2c([C@H]3CC(=O)N(c4cccc(OC)c4)C3)nc3ccccc32)c1. The highest BCUT2D eigenvalue weighted by Gasteiger charge is 2.35. The molecule has 0 unspecified atom stereocenters. The molecular weight excluding hydrogens is 430 g/mol. The van der Waals surface area contributed by atoms with Gasteiger partial charge in [0.15, 0.2) is 0 Å². The second-order valence-corrected chi connectivity index (χ2v) is 8.24. The number of amides is 1. The lowest BCUT2D eigenvalue weighted by Crippen LogP contribution is -2.24. The predicted molar refractivity (Wildman–Crippen MR) is 131 cm³/mol. The molecule has 1 aliphatic heterocycles. The molecule has 174 valence electrons. The number of nitrogens with zero attached hydrogens (tertiary/aromatic N) is 3. The molecule has 1 aromatic heterocycles. The Morgan fingerprint density at radius 3 is 2.47 bits per heavy atom. The van der Waals surface area contributed by atoms with E-state index in [1.807, 2.05) is 71.6 Å². The highest BCUT2D eigenvalue weighted by atomic mass is 16.5. The number of carbonyl (C=O) groups excluding carboxylic acids is 1. The maximum absolute atomic E-state index is 13.0. The third kappa shape index (κ3) is 4.29. The van der Waals surface area contributed by atoms with Gasteiger partial charge in [-0.1, -0.05) is 24.3 Å². The van der Waals surface area contributed by atoms with E-state index in [1.165, 1.54) is 0 Å². The van der Waals surface area contributed by atoms with Gasteiger partial charge in [0.1, 0.15) is 29.7 Å². The zero-order valence-electron chi connectivity index (χ0n) is 19.3. The van der Waals surface area contributed by atoms with Crippen molar-refractivity contribution in [1.82, 2.24) is 9.55 Å². The summed E-state index contributed by atoms with van der Waals surface area (Å²) < 4.78 is 18.8. The first-order valence-corrected chi connectivity index (χ1v) is 11.3. The molecule has 34 heavy (non-hydrogen) atoms. The summed E-state index contributed by atoms with van der Waals surface area (Å²) >= 11 is 0. The Kier molecular flexibility index (Phi) is 6.08. The molecule has 7 heteroatoms. The Labute approximate surface area is 198 Å². The first kappa shape index (κ1) is 21.8. The molecule has 1 amide bonds. The van der Waals surface area contributed by atoms with Crippen molar-refractivity contribution in [3.8, 4) is 17.2 Å². The summed E-state index contributed by atoms with van der Waals surface area (Å²) in [6.45, 7) is 1.67. The van der Waals surface area contributed by atoms with Gasteiger partial charge in [-0.05, 0) is 36.4 Å². The molecule has 1 atom stereocenters. The fraction of sp³-hybridized carbons (Fsp3) is 0.259. The molecule has 4 aromatic rings. The number of carbonyl (C=O) groups is 1. The summed E-state index contributed by atoms with van der Waals surface area (Å²) in [7, 11) is 3.27. The highest BCUT2D eigenvalue weighted by Crippen LogP contribution is 2.34. The van der Waals surface area contributed by atoms with Gasteiger partial charge in [0, 0.05) is 36.7 Å². The average molecular weight is 458 g/mol. The van der Waals surface area contributed by atoms with Crippen molar-refractivity contribution in [2.75, 3.05) is 32.3 Å². The average Bonchev–Trinajstić information content (AvgIpc) is 3.45. The Bertz CT molecular complexity index is 1320. The van der Waals surface area contributed by atoms with Crippen LogP contribution < -0.4 is 19.1 Å². The molecule has 0 spiro atoms. The second-order valence-electron chi connectivity index (χ2n) is 8.24. The molecule has 3 aromatic carbocycles. The van der Waals surface area contributed by atoms with Crippen LogP contribution >= 0.6 is 0 Å². The topological polar surface area (TPSA) is 65.8 Å². The van der Waals surface area contributed by atoms with Crippen LogP contribution in [0.5, 0.6) is 17.2 Å². The van der Waals surface area contributed by atoms with E-state index in [1.54, 1.807) is 14.2 Å². The van der Waals surface area contributed by atoms with Gasteiger partial charge in [-0.15, -0.1) is 0 Å². The molecule has 1 saturated heterocycles. The minimum absolute atomic E-state index is 0.0112. The number of methoxy groups -OCH3 is 2. The van der Waals surface area contributed by atoms with Crippen molar-refractivity contribution in [1.29, 1.82) is 0 Å². The van der Waals surface area contributed by atoms with Crippen LogP contribution in [-0.2, 0) is 11.3 Å². The van der Waals surface area contributed by atoms with E-state index in [-0.39, 0.29) is 11.8 Å². The minimum Gasteiger partial charge on any atom is -0.497 e. The Balaban J connectivity index is 1.39. The van der Waals surface area contributed by atoms with Crippen molar-refractivity contribution in [2.24, 2.45) is 0 Å². The molecule has 0 bridgehead atoms. The summed E-state index contributed by atoms with van der Waals surface area (Å²) in [5, 5.41) is 0. The molecule has 0 radical (unpaired) electrons. The summed E-state index contributed by atoms with van der Waals surface area (Å²) in [6.07, 6.45) is 0.414. The zero-order chi connectivity index (χ0) is 23.5. The number of benzene rings is 3. The first-order valence-electron chi connectivity index (χ1n) is 11.3. The van der Waals surface area contributed by atoms with Crippen LogP contribution in [0, 0.1) is 0 Å². The molecule has 2 heterocycles. The van der Waals surface area contributed by atoms with Crippen molar-refractivity contribution in [3.63, 3.8) is 0 Å². The van der Waals surface area contributed by atoms with E-state index in [0.717, 1.165) is 39.8 Å². The van der Waals surface area contributed by atoms with E-state index in [4.69, 9.17) is 19.2 Å². The minimum atomic E-state index is -0.0112. The van der Waals surface area contributed by atoms with Gasteiger partial charge in [0.25, 0.3) is 0 Å². The lowest BCUT2D eigenvalue weighted by atomic mass is 10.1. The fourth-order valence-corrected chi connectivity index (χ4v) is 4.50. The summed E-state index contributed by atoms with van der Waals surface area (Å²) in [4.78, 5) is 19.7. The number of ether oxygens (including phenoxy) is 3. The van der Waals surface area contributed by atoms with Crippen LogP contribution in [-0.4, -0.2) is 42.8 Å². The van der Waals surface area contributed by atoms with E-state index in [0.29, 0.717) is 26.1 Å². The number of anilines is 1. The van der Waals surface area contributed by atoms with Crippen LogP contribution in [0.3, 0.4) is 0 Å². The van der Waals surface area contributed by atoms with Crippen molar-refractivity contribution in [2.45, 2.75) is 18.9 Å². The van der Waals surface area contributed by atoms with Crippen LogP contribution in [0.4, 0.5) is 5.69 Å².